The molecule has 0 aliphatic carbocycles. The molecule has 3 aliphatic rings. The molecule has 0 radical (unpaired) electrons. The Kier molecular flexibility index (Phi) is 4.80. The summed E-state index contributed by atoms with van der Waals surface area (Å²) in [4.78, 5) is 2.48. The number of halogens is 3. The maximum atomic E-state index is 6.28. The van der Waals surface area contributed by atoms with E-state index in [9.17, 15) is 0 Å². The first-order chi connectivity index (χ1) is 7.07. The normalized spacial score (nSPS) is 38.2. The van der Waals surface area contributed by atoms with Crippen LogP contribution in [0.3, 0.4) is 0 Å². The second kappa shape index (κ2) is 5.51. The zero-order valence-corrected chi connectivity index (χ0v) is 14.0. The minimum atomic E-state index is -3.28. The molecule has 1 atom stereocenters. The van der Waals surface area contributed by atoms with E-state index in [4.69, 9.17) is 26.8 Å². The Morgan fingerprint density at radius 2 is 1.47 bits per heavy atom. The Hall–Kier alpha value is 1.63. The van der Waals surface area contributed by atoms with E-state index in [1.165, 1.54) is 32.1 Å². The van der Waals surface area contributed by atoms with Crippen LogP contribution in [0, 0.1) is 5.92 Å². The summed E-state index contributed by atoms with van der Waals surface area (Å²) in [6.07, 6.45) is 7.79. The topological polar surface area (TPSA) is 3.24 Å². The molecule has 88 valence electrons. The molecular formula is C10H18Cl3NSn. The van der Waals surface area contributed by atoms with Gasteiger partial charge < -0.3 is 0 Å². The SMILES string of the molecule is [Cl][Sn]([Cl])([Cl])[CH]1CCC2CCCN1CCC2. The van der Waals surface area contributed by atoms with E-state index in [0.717, 1.165) is 25.4 Å². The molecule has 0 N–H and O–H groups in total. The van der Waals surface area contributed by atoms with Crippen molar-refractivity contribution < 1.29 is 0 Å². The van der Waals surface area contributed by atoms with Crippen LogP contribution in [0.25, 0.3) is 0 Å². The molecule has 0 saturated carbocycles. The number of fused-ring (bicyclic) bond motifs is 6. The molecule has 0 aromatic heterocycles. The molecule has 3 saturated heterocycles. The van der Waals surface area contributed by atoms with Gasteiger partial charge in [0.2, 0.25) is 0 Å². The summed E-state index contributed by atoms with van der Waals surface area (Å²) >= 11 is -3.28. The molecule has 1 nitrogen and oxygen atoms in total. The van der Waals surface area contributed by atoms with E-state index < -0.39 is 15.0 Å². The number of hydrogen-bond donors (Lipinski definition) is 0. The van der Waals surface area contributed by atoms with Gasteiger partial charge in [-0.1, -0.05) is 0 Å². The van der Waals surface area contributed by atoms with Crippen molar-refractivity contribution in [1.82, 2.24) is 4.90 Å². The van der Waals surface area contributed by atoms with Crippen molar-refractivity contribution in [2.45, 2.75) is 42.6 Å². The quantitative estimate of drug-likeness (QED) is 0.628. The summed E-state index contributed by atoms with van der Waals surface area (Å²) < 4.78 is 0.340. The molecule has 3 heterocycles. The van der Waals surface area contributed by atoms with Crippen molar-refractivity contribution in [2.75, 3.05) is 13.1 Å². The van der Waals surface area contributed by atoms with Gasteiger partial charge in [0.05, 0.1) is 0 Å². The van der Waals surface area contributed by atoms with Gasteiger partial charge in [0.1, 0.15) is 0 Å². The van der Waals surface area contributed by atoms with Crippen molar-refractivity contribution in [1.29, 1.82) is 0 Å². The van der Waals surface area contributed by atoms with Crippen LogP contribution in [-0.2, 0) is 0 Å². The summed E-state index contributed by atoms with van der Waals surface area (Å²) in [6, 6.07) is 0. The molecule has 0 aromatic carbocycles. The molecule has 0 amide bonds. The van der Waals surface area contributed by atoms with E-state index >= 15 is 0 Å². The average molecular weight is 377 g/mol. The summed E-state index contributed by atoms with van der Waals surface area (Å²) in [5.41, 5.74) is 0. The monoisotopic (exact) mass is 377 g/mol. The molecule has 3 aliphatic heterocycles. The maximum absolute atomic E-state index is 6.28. The van der Waals surface area contributed by atoms with Gasteiger partial charge in [0.15, 0.2) is 0 Å². The predicted molar refractivity (Wildman–Crippen MR) is 69.9 cm³/mol. The Bertz CT molecular complexity index is 209. The fourth-order valence-electron chi connectivity index (χ4n) is 2.97. The van der Waals surface area contributed by atoms with E-state index in [2.05, 4.69) is 4.90 Å². The first kappa shape index (κ1) is 13.1. The second-order valence-corrected chi connectivity index (χ2v) is 25.7. The number of rotatable bonds is 1. The Morgan fingerprint density at radius 1 is 0.867 bits per heavy atom. The first-order valence-corrected chi connectivity index (χ1v) is 18.4. The molecule has 15 heavy (non-hydrogen) atoms. The summed E-state index contributed by atoms with van der Waals surface area (Å²) in [6.45, 7) is 2.32. The van der Waals surface area contributed by atoms with E-state index in [-0.39, 0.29) is 0 Å². The van der Waals surface area contributed by atoms with Crippen LogP contribution < -0.4 is 0 Å². The van der Waals surface area contributed by atoms with Gasteiger partial charge >= 0.3 is 108 Å². The zero-order valence-electron chi connectivity index (χ0n) is 8.89. The number of hydrogen-bond acceptors (Lipinski definition) is 1. The first-order valence-electron chi connectivity index (χ1n) is 5.88. The van der Waals surface area contributed by atoms with E-state index in [0.29, 0.717) is 4.06 Å². The second-order valence-electron chi connectivity index (χ2n) is 4.82. The molecule has 1 unspecified atom stereocenters. The van der Waals surface area contributed by atoms with Gasteiger partial charge in [-0.3, -0.25) is 0 Å². The van der Waals surface area contributed by atoms with Crippen LogP contribution in [0.2, 0.25) is 0 Å². The summed E-state index contributed by atoms with van der Waals surface area (Å²) in [5.74, 6) is 0.911. The van der Waals surface area contributed by atoms with Crippen molar-refractivity contribution in [3.8, 4) is 0 Å². The van der Waals surface area contributed by atoms with Gasteiger partial charge in [0.25, 0.3) is 0 Å². The van der Waals surface area contributed by atoms with Crippen LogP contribution >= 0.6 is 26.8 Å². The molecule has 3 rings (SSSR count). The van der Waals surface area contributed by atoms with Gasteiger partial charge in [-0.05, 0) is 0 Å². The van der Waals surface area contributed by atoms with Crippen molar-refractivity contribution >= 4 is 41.8 Å². The van der Waals surface area contributed by atoms with Crippen LogP contribution in [-0.4, -0.2) is 37.0 Å². The van der Waals surface area contributed by atoms with Gasteiger partial charge in [-0.2, -0.15) is 0 Å². The third kappa shape index (κ3) is 3.54. The van der Waals surface area contributed by atoms with Gasteiger partial charge in [0, 0.05) is 0 Å². The Morgan fingerprint density at radius 3 is 2.00 bits per heavy atom. The Balaban J connectivity index is 2.11. The predicted octanol–water partition coefficient (Wildman–Crippen LogP) is 3.84. The number of nitrogens with zero attached hydrogens (tertiary/aromatic N) is 1. The van der Waals surface area contributed by atoms with Crippen molar-refractivity contribution in [3.05, 3.63) is 0 Å². The molecular weight excluding hydrogens is 359 g/mol. The molecule has 0 aromatic rings. The van der Waals surface area contributed by atoms with Gasteiger partial charge in [-0.25, -0.2) is 0 Å². The van der Waals surface area contributed by atoms with Crippen LogP contribution in [0.5, 0.6) is 0 Å². The van der Waals surface area contributed by atoms with Crippen LogP contribution in [0.1, 0.15) is 38.5 Å². The average Bonchev–Trinajstić information content (AvgIpc) is 1.95. The third-order valence-corrected chi connectivity index (χ3v) is 12.9. The van der Waals surface area contributed by atoms with E-state index in [1.54, 1.807) is 0 Å². The molecule has 3 fully saturated rings. The molecule has 2 bridgehead atoms. The fraction of sp³-hybridized carbons (Fsp3) is 1.00. The van der Waals surface area contributed by atoms with E-state index in [1.807, 2.05) is 0 Å². The zero-order chi connectivity index (χ0) is 10.9. The summed E-state index contributed by atoms with van der Waals surface area (Å²) in [5, 5.41) is 0. The van der Waals surface area contributed by atoms with Crippen LogP contribution in [0.4, 0.5) is 0 Å². The standard InChI is InChI=1S/C10H18N.3ClH.Sn/c1-4-10-5-2-8-11(7-1)9-3-6-10;;;;/h7,10H,1-6,8-9H2;3*1H;/q;;;;+3/p-3. The van der Waals surface area contributed by atoms with Crippen LogP contribution in [0.15, 0.2) is 0 Å². The fourth-order valence-corrected chi connectivity index (χ4v) is 11.3. The Labute approximate surface area is 107 Å². The third-order valence-electron chi connectivity index (χ3n) is 3.78. The van der Waals surface area contributed by atoms with Gasteiger partial charge in [-0.15, -0.1) is 0 Å². The minimum absolute atomic E-state index is 0.340. The molecule has 0 spiro atoms. The van der Waals surface area contributed by atoms with Crippen molar-refractivity contribution in [3.63, 3.8) is 0 Å². The molecule has 5 heteroatoms. The van der Waals surface area contributed by atoms with Crippen molar-refractivity contribution in [2.24, 2.45) is 5.92 Å². The summed E-state index contributed by atoms with van der Waals surface area (Å²) in [7, 11) is 18.8.